The molecule has 4 aromatic rings. The fourth-order valence-corrected chi connectivity index (χ4v) is 4.72. The van der Waals surface area contributed by atoms with Crippen LogP contribution in [0.15, 0.2) is 79.0 Å². The SMILES string of the molecule is COc1ccc(-c2nn3ccc(C(=O)N(CCC(C)C)CCC(C)C)cc3c2/C=C/CNCc2ccccc2)cc1. The third-order valence-corrected chi connectivity index (χ3v) is 7.24. The van der Waals surface area contributed by atoms with Crippen LogP contribution in [0.5, 0.6) is 5.75 Å². The molecule has 216 valence electrons. The van der Waals surface area contributed by atoms with Crippen LogP contribution < -0.4 is 10.1 Å². The van der Waals surface area contributed by atoms with Crippen molar-refractivity contribution < 1.29 is 9.53 Å². The van der Waals surface area contributed by atoms with Crippen molar-refractivity contribution in [3.8, 4) is 17.0 Å². The third kappa shape index (κ3) is 8.30. The molecule has 0 saturated heterocycles. The molecule has 0 bridgehead atoms. The van der Waals surface area contributed by atoms with Gasteiger partial charge in [-0.05, 0) is 66.6 Å². The lowest BCUT2D eigenvalue weighted by Crippen LogP contribution is -2.34. The smallest absolute Gasteiger partial charge is 0.253 e. The summed E-state index contributed by atoms with van der Waals surface area (Å²) in [6, 6.07) is 22.2. The van der Waals surface area contributed by atoms with Crippen LogP contribution in [0.3, 0.4) is 0 Å². The van der Waals surface area contributed by atoms with Crippen molar-refractivity contribution in [1.29, 1.82) is 0 Å². The monoisotopic (exact) mass is 552 g/mol. The number of carbonyl (C=O) groups excluding carboxylic acids is 1. The summed E-state index contributed by atoms with van der Waals surface area (Å²) in [6.45, 7) is 11.9. The van der Waals surface area contributed by atoms with Gasteiger partial charge in [-0.25, -0.2) is 4.52 Å². The maximum Gasteiger partial charge on any atom is 0.253 e. The summed E-state index contributed by atoms with van der Waals surface area (Å²) < 4.78 is 7.24. The Morgan fingerprint density at radius 1 is 0.976 bits per heavy atom. The van der Waals surface area contributed by atoms with Crippen molar-refractivity contribution in [2.45, 2.75) is 47.1 Å². The van der Waals surface area contributed by atoms with Gasteiger partial charge in [-0.15, -0.1) is 0 Å². The van der Waals surface area contributed by atoms with Crippen molar-refractivity contribution in [3.05, 3.63) is 95.7 Å². The molecule has 6 heteroatoms. The van der Waals surface area contributed by atoms with Crippen LogP contribution in [0.1, 0.15) is 62.0 Å². The van der Waals surface area contributed by atoms with Crippen LogP contribution in [0.4, 0.5) is 0 Å². The number of amides is 1. The lowest BCUT2D eigenvalue weighted by molar-refractivity contribution is 0.0741. The minimum atomic E-state index is 0.0838. The first-order valence-electron chi connectivity index (χ1n) is 14.7. The lowest BCUT2D eigenvalue weighted by atomic mass is 10.0. The Kier molecular flexibility index (Phi) is 10.7. The van der Waals surface area contributed by atoms with Crippen molar-refractivity contribution in [2.75, 3.05) is 26.7 Å². The van der Waals surface area contributed by atoms with Gasteiger partial charge in [0.1, 0.15) is 11.4 Å². The van der Waals surface area contributed by atoms with Crippen molar-refractivity contribution in [2.24, 2.45) is 11.8 Å². The Morgan fingerprint density at radius 3 is 2.29 bits per heavy atom. The van der Waals surface area contributed by atoms with Gasteiger partial charge in [0.15, 0.2) is 0 Å². The van der Waals surface area contributed by atoms with Crippen molar-refractivity contribution >= 4 is 17.5 Å². The Labute approximate surface area is 245 Å². The number of carbonyl (C=O) groups is 1. The number of hydrogen-bond donors (Lipinski definition) is 1. The molecule has 6 nitrogen and oxygen atoms in total. The highest BCUT2D eigenvalue weighted by Gasteiger charge is 2.19. The molecule has 2 heterocycles. The molecule has 0 aliphatic carbocycles. The molecule has 4 rings (SSSR count). The molecule has 2 aromatic carbocycles. The predicted octanol–water partition coefficient (Wildman–Crippen LogP) is 7.35. The van der Waals surface area contributed by atoms with Crippen molar-refractivity contribution in [3.63, 3.8) is 0 Å². The number of benzene rings is 2. The number of hydrogen-bond acceptors (Lipinski definition) is 4. The van der Waals surface area contributed by atoms with E-state index in [1.54, 1.807) is 7.11 Å². The minimum Gasteiger partial charge on any atom is -0.497 e. The molecule has 0 aliphatic rings. The summed E-state index contributed by atoms with van der Waals surface area (Å²) in [4.78, 5) is 15.8. The molecule has 0 fully saturated rings. The number of fused-ring (bicyclic) bond motifs is 1. The summed E-state index contributed by atoms with van der Waals surface area (Å²) in [5.74, 6) is 1.97. The van der Waals surface area contributed by atoms with Gasteiger partial charge in [0.2, 0.25) is 0 Å². The molecule has 0 unspecified atom stereocenters. The van der Waals surface area contributed by atoms with E-state index in [-0.39, 0.29) is 5.91 Å². The van der Waals surface area contributed by atoms with Gasteiger partial charge in [0.05, 0.1) is 12.6 Å². The Morgan fingerprint density at radius 2 is 1.66 bits per heavy atom. The second-order valence-electron chi connectivity index (χ2n) is 11.4. The van der Waals surface area contributed by atoms with Gasteiger partial charge in [-0.1, -0.05) is 70.2 Å². The summed E-state index contributed by atoms with van der Waals surface area (Å²) in [6.07, 6.45) is 8.13. The number of pyridine rings is 1. The zero-order chi connectivity index (χ0) is 29.2. The molecule has 0 atom stereocenters. The zero-order valence-corrected chi connectivity index (χ0v) is 25.1. The van der Waals surface area contributed by atoms with Gasteiger partial charge in [0.25, 0.3) is 5.91 Å². The largest absolute Gasteiger partial charge is 0.497 e. The van der Waals surface area contributed by atoms with E-state index in [1.807, 2.05) is 58.1 Å². The van der Waals surface area contributed by atoms with E-state index in [1.165, 1.54) is 5.56 Å². The lowest BCUT2D eigenvalue weighted by Gasteiger charge is -2.24. The maximum absolute atomic E-state index is 13.8. The second-order valence-corrected chi connectivity index (χ2v) is 11.4. The average Bonchev–Trinajstić information content (AvgIpc) is 3.34. The molecule has 1 amide bonds. The molecule has 2 aromatic heterocycles. The van der Waals surface area contributed by atoms with Crippen LogP contribution in [-0.4, -0.2) is 47.2 Å². The Hall–Kier alpha value is -3.90. The number of methoxy groups -OCH3 is 1. The standard InChI is InChI=1S/C35H44N4O2/c1-26(2)17-21-38(22-18-27(3)4)35(40)30-19-23-39-33(24-30)32(12-9-20-36-25-28-10-7-6-8-11-28)34(37-39)29-13-15-31(41-5)16-14-29/h6-16,19,23-24,26-27,36H,17-18,20-22,25H2,1-5H3/b12-9+. The molecule has 0 aliphatic heterocycles. The quantitative estimate of drug-likeness (QED) is 0.166. The van der Waals surface area contributed by atoms with E-state index in [0.717, 1.165) is 60.6 Å². The van der Waals surface area contributed by atoms with Crippen LogP contribution in [0.25, 0.3) is 22.9 Å². The first kappa shape index (κ1) is 30.1. The zero-order valence-electron chi connectivity index (χ0n) is 25.1. The van der Waals surface area contributed by atoms with E-state index < -0.39 is 0 Å². The molecule has 0 spiro atoms. The van der Waals surface area contributed by atoms with Gasteiger partial charge < -0.3 is 15.0 Å². The van der Waals surface area contributed by atoms with Gasteiger partial charge in [-0.2, -0.15) is 5.10 Å². The van der Waals surface area contributed by atoms with Crippen LogP contribution in [-0.2, 0) is 6.54 Å². The summed E-state index contributed by atoms with van der Waals surface area (Å²) in [5.41, 5.74) is 5.71. The number of nitrogens with zero attached hydrogens (tertiary/aromatic N) is 3. The highest BCUT2D eigenvalue weighted by molar-refractivity contribution is 5.96. The first-order valence-corrected chi connectivity index (χ1v) is 14.7. The number of ether oxygens (including phenoxy) is 1. The van der Waals surface area contributed by atoms with Crippen molar-refractivity contribution in [1.82, 2.24) is 19.8 Å². The molecule has 0 radical (unpaired) electrons. The van der Waals surface area contributed by atoms with Crippen LogP contribution in [0.2, 0.25) is 0 Å². The van der Waals surface area contributed by atoms with E-state index in [4.69, 9.17) is 9.84 Å². The number of nitrogens with one attached hydrogen (secondary N) is 1. The van der Waals surface area contributed by atoms with Gasteiger partial charge >= 0.3 is 0 Å². The van der Waals surface area contributed by atoms with E-state index >= 15 is 0 Å². The van der Waals surface area contributed by atoms with Crippen LogP contribution >= 0.6 is 0 Å². The Bertz CT molecular complexity index is 1410. The topological polar surface area (TPSA) is 58.9 Å². The number of aromatic nitrogens is 2. The van der Waals surface area contributed by atoms with E-state index in [0.29, 0.717) is 23.9 Å². The second kappa shape index (κ2) is 14.6. The number of rotatable bonds is 14. The highest BCUT2D eigenvalue weighted by Crippen LogP contribution is 2.29. The average molecular weight is 553 g/mol. The van der Waals surface area contributed by atoms with Gasteiger partial charge in [-0.3, -0.25) is 4.79 Å². The Balaban J connectivity index is 1.65. The van der Waals surface area contributed by atoms with Gasteiger partial charge in [0, 0.05) is 49.1 Å². The minimum absolute atomic E-state index is 0.0838. The molecular formula is C35H44N4O2. The summed E-state index contributed by atoms with van der Waals surface area (Å²) >= 11 is 0. The molecule has 41 heavy (non-hydrogen) atoms. The first-order chi connectivity index (χ1) is 19.9. The predicted molar refractivity (Wildman–Crippen MR) is 169 cm³/mol. The third-order valence-electron chi connectivity index (χ3n) is 7.24. The fourth-order valence-electron chi connectivity index (χ4n) is 4.72. The fraction of sp³-hybridized carbons (Fsp3) is 0.371. The van der Waals surface area contributed by atoms with Crippen LogP contribution in [0, 0.1) is 11.8 Å². The maximum atomic E-state index is 13.8. The highest BCUT2D eigenvalue weighted by atomic mass is 16.5. The normalized spacial score (nSPS) is 11.7. The summed E-state index contributed by atoms with van der Waals surface area (Å²) in [5, 5.41) is 8.41. The molecule has 1 N–H and O–H groups in total. The molecule has 0 saturated carbocycles. The molecular weight excluding hydrogens is 508 g/mol. The van der Waals surface area contributed by atoms with E-state index in [9.17, 15) is 4.79 Å². The van der Waals surface area contributed by atoms with E-state index in [2.05, 4.69) is 69.4 Å². The summed E-state index contributed by atoms with van der Waals surface area (Å²) in [7, 11) is 1.67.